The fraction of sp³-hybridized carbons (Fsp3) is 0.188. The van der Waals surface area contributed by atoms with E-state index < -0.39 is 11.9 Å². The van der Waals surface area contributed by atoms with E-state index >= 15 is 0 Å². The molecule has 0 bridgehead atoms. The molecule has 1 atom stereocenters. The predicted molar refractivity (Wildman–Crippen MR) is 80.5 cm³/mol. The molecular weight excluding hydrogens is 272 g/mol. The third-order valence-electron chi connectivity index (χ3n) is 2.96. The summed E-state index contributed by atoms with van der Waals surface area (Å²) in [6.45, 7) is 0. The van der Waals surface area contributed by atoms with Crippen LogP contribution in [0.1, 0.15) is 11.5 Å². The molecule has 4 heteroatoms. The van der Waals surface area contributed by atoms with Crippen molar-refractivity contribution in [2.75, 3.05) is 12.9 Å². The maximum Gasteiger partial charge on any atom is 0.311 e. The van der Waals surface area contributed by atoms with Crippen molar-refractivity contribution >= 4 is 17.7 Å². The zero-order valence-electron chi connectivity index (χ0n) is 11.2. The summed E-state index contributed by atoms with van der Waals surface area (Å²) in [5.74, 6) is -0.0347. The molecule has 0 spiro atoms. The maximum absolute atomic E-state index is 11.4. The molecule has 0 heterocycles. The molecule has 2 aromatic carbocycles. The van der Waals surface area contributed by atoms with Gasteiger partial charge in [-0.3, -0.25) is 4.79 Å². The van der Waals surface area contributed by atoms with Gasteiger partial charge in [-0.25, -0.2) is 0 Å². The normalized spacial score (nSPS) is 11.8. The Balaban J connectivity index is 2.08. The second-order valence-electron chi connectivity index (χ2n) is 4.29. The van der Waals surface area contributed by atoms with E-state index in [1.807, 2.05) is 54.6 Å². The highest BCUT2D eigenvalue weighted by Crippen LogP contribution is 2.28. The van der Waals surface area contributed by atoms with Crippen molar-refractivity contribution in [3.8, 4) is 5.75 Å². The van der Waals surface area contributed by atoms with Crippen molar-refractivity contribution in [2.45, 2.75) is 10.8 Å². The Bertz CT molecular complexity index is 569. The van der Waals surface area contributed by atoms with Crippen LogP contribution < -0.4 is 4.74 Å². The van der Waals surface area contributed by atoms with Crippen molar-refractivity contribution in [3.05, 3.63) is 60.2 Å². The number of hydrogen-bond acceptors (Lipinski definition) is 3. The van der Waals surface area contributed by atoms with Crippen LogP contribution in [0.4, 0.5) is 0 Å². The monoisotopic (exact) mass is 288 g/mol. The lowest BCUT2D eigenvalue weighted by molar-refractivity contribution is -0.138. The van der Waals surface area contributed by atoms with Gasteiger partial charge in [0, 0.05) is 10.6 Å². The van der Waals surface area contributed by atoms with Gasteiger partial charge >= 0.3 is 5.97 Å². The van der Waals surface area contributed by atoms with E-state index in [-0.39, 0.29) is 0 Å². The summed E-state index contributed by atoms with van der Waals surface area (Å²) in [6, 6.07) is 17.0. The van der Waals surface area contributed by atoms with Crippen LogP contribution >= 0.6 is 11.8 Å². The number of carbonyl (C=O) groups is 1. The molecule has 0 fully saturated rings. The first-order valence-corrected chi connectivity index (χ1v) is 7.24. The lowest BCUT2D eigenvalue weighted by Crippen LogP contribution is -2.14. The van der Waals surface area contributed by atoms with Gasteiger partial charge in [0.1, 0.15) is 5.75 Å². The molecule has 2 rings (SSSR count). The molecule has 0 aliphatic carbocycles. The van der Waals surface area contributed by atoms with Crippen LogP contribution in [-0.4, -0.2) is 23.9 Å². The van der Waals surface area contributed by atoms with Crippen LogP contribution in [0.15, 0.2) is 59.5 Å². The molecule has 0 radical (unpaired) electrons. The summed E-state index contributed by atoms with van der Waals surface area (Å²) in [4.78, 5) is 12.4. The first-order chi connectivity index (χ1) is 9.70. The average molecular weight is 288 g/mol. The third kappa shape index (κ3) is 3.78. The fourth-order valence-corrected chi connectivity index (χ4v) is 2.93. The number of carboxylic acids is 1. The van der Waals surface area contributed by atoms with Gasteiger partial charge in [0.15, 0.2) is 0 Å². The molecule has 0 saturated heterocycles. The van der Waals surface area contributed by atoms with E-state index in [4.69, 9.17) is 4.74 Å². The van der Waals surface area contributed by atoms with Gasteiger partial charge in [-0.15, -0.1) is 11.8 Å². The van der Waals surface area contributed by atoms with Crippen LogP contribution in [0.5, 0.6) is 5.75 Å². The van der Waals surface area contributed by atoms with E-state index in [1.165, 1.54) is 11.8 Å². The molecule has 0 unspecified atom stereocenters. The topological polar surface area (TPSA) is 46.5 Å². The largest absolute Gasteiger partial charge is 0.497 e. The summed E-state index contributed by atoms with van der Waals surface area (Å²) in [5, 5.41) is 9.37. The molecule has 1 N–H and O–H groups in total. The van der Waals surface area contributed by atoms with Gasteiger partial charge in [0.2, 0.25) is 0 Å². The first-order valence-electron chi connectivity index (χ1n) is 6.25. The number of benzene rings is 2. The second kappa shape index (κ2) is 7.01. The summed E-state index contributed by atoms with van der Waals surface area (Å²) in [7, 11) is 1.62. The number of thioether (sulfide) groups is 1. The minimum absolute atomic E-state index is 0.493. The van der Waals surface area contributed by atoms with Crippen LogP contribution in [0.3, 0.4) is 0 Å². The fourth-order valence-electron chi connectivity index (χ4n) is 1.87. The van der Waals surface area contributed by atoms with Crippen molar-refractivity contribution in [3.63, 3.8) is 0 Å². The zero-order chi connectivity index (χ0) is 14.4. The number of ether oxygens (including phenoxy) is 1. The standard InChI is InChI=1S/C16H16O3S/c1-19-13-8-5-9-14(10-13)20-11-15(16(17)18)12-6-3-2-4-7-12/h2-10,15H,11H2,1H3,(H,17,18)/t15-/m1/s1. The predicted octanol–water partition coefficient (Wildman–Crippen LogP) is 3.66. The van der Waals surface area contributed by atoms with Crippen molar-refractivity contribution in [1.82, 2.24) is 0 Å². The maximum atomic E-state index is 11.4. The van der Waals surface area contributed by atoms with Crippen LogP contribution in [-0.2, 0) is 4.79 Å². The lowest BCUT2D eigenvalue weighted by atomic mass is 10.0. The molecule has 0 saturated carbocycles. The Labute approximate surface area is 122 Å². The van der Waals surface area contributed by atoms with E-state index in [0.29, 0.717) is 5.75 Å². The van der Waals surface area contributed by atoms with Gasteiger partial charge in [-0.05, 0) is 23.8 Å². The Kier molecular flexibility index (Phi) is 5.07. The Morgan fingerprint density at radius 3 is 2.60 bits per heavy atom. The van der Waals surface area contributed by atoms with Crippen molar-refractivity contribution < 1.29 is 14.6 Å². The molecular formula is C16H16O3S. The van der Waals surface area contributed by atoms with E-state index in [9.17, 15) is 9.90 Å². The summed E-state index contributed by atoms with van der Waals surface area (Å²) < 4.78 is 5.16. The van der Waals surface area contributed by atoms with Gasteiger partial charge < -0.3 is 9.84 Å². The molecule has 0 aromatic heterocycles. The minimum Gasteiger partial charge on any atom is -0.497 e. The number of aliphatic carboxylic acids is 1. The molecule has 20 heavy (non-hydrogen) atoms. The number of rotatable bonds is 6. The first kappa shape index (κ1) is 14.5. The number of methoxy groups -OCH3 is 1. The highest BCUT2D eigenvalue weighted by atomic mass is 32.2. The van der Waals surface area contributed by atoms with E-state index in [1.54, 1.807) is 7.11 Å². The van der Waals surface area contributed by atoms with E-state index in [0.717, 1.165) is 16.2 Å². The SMILES string of the molecule is COc1cccc(SC[C@@H](C(=O)O)c2ccccc2)c1. The van der Waals surface area contributed by atoms with Crippen LogP contribution in [0.2, 0.25) is 0 Å². The molecule has 0 aliphatic rings. The van der Waals surface area contributed by atoms with E-state index in [2.05, 4.69) is 0 Å². The van der Waals surface area contributed by atoms with Crippen molar-refractivity contribution in [1.29, 1.82) is 0 Å². The number of hydrogen-bond donors (Lipinski definition) is 1. The Morgan fingerprint density at radius 2 is 1.95 bits per heavy atom. The Morgan fingerprint density at radius 1 is 1.20 bits per heavy atom. The zero-order valence-corrected chi connectivity index (χ0v) is 12.0. The van der Waals surface area contributed by atoms with Gasteiger partial charge in [-0.2, -0.15) is 0 Å². The smallest absolute Gasteiger partial charge is 0.311 e. The van der Waals surface area contributed by atoms with Crippen LogP contribution in [0.25, 0.3) is 0 Å². The van der Waals surface area contributed by atoms with Crippen LogP contribution in [0, 0.1) is 0 Å². The van der Waals surface area contributed by atoms with Gasteiger partial charge in [-0.1, -0.05) is 36.4 Å². The second-order valence-corrected chi connectivity index (χ2v) is 5.38. The highest BCUT2D eigenvalue weighted by Gasteiger charge is 2.19. The molecule has 104 valence electrons. The van der Waals surface area contributed by atoms with Crippen molar-refractivity contribution in [2.24, 2.45) is 0 Å². The van der Waals surface area contributed by atoms with Gasteiger partial charge in [0.05, 0.1) is 13.0 Å². The molecule has 0 aliphatic heterocycles. The average Bonchev–Trinajstić information content (AvgIpc) is 2.48. The quantitative estimate of drug-likeness (QED) is 0.824. The molecule has 0 amide bonds. The molecule has 3 nitrogen and oxygen atoms in total. The summed E-state index contributed by atoms with van der Waals surface area (Å²) in [5.41, 5.74) is 0.829. The molecule has 2 aromatic rings. The third-order valence-corrected chi connectivity index (χ3v) is 4.05. The summed E-state index contributed by atoms with van der Waals surface area (Å²) >= 11 is 1.52. The minimum atomic E-state index is -0.799. The summed E-state index contributed by atoms with van der Waals surface area (Å²) in [6.07, 6.45) is 0. The lowest BCUT2D eigenvalue weighted by Gasteiger charge is -2.12. The van der Waals surface area contributed by atoms with Gasteiger partial charge in [0.25, 0.3) is 0 Å². The number of carboxylic acid groups (broad SMARTS) is 1. The Hall–Kier alpha value is -1.94. The highest BCUT2D eigenvalue weighted by molar-refractivity contribution is 7.99.